The van der Waals surface area contributed by atoms with E-state index in [0.29, 0.717) is 0 Å². The fraction of sp³-hybridized carbons (Fsp3) is 0.500. The van der Waals surface area contributed by atoms with Crippen molar-refractivity contribution >= 4 is 0 Å². The van der Waals surface area contributed by atoms with Gasteiger partial charge in [-0.1, -0.05) is 17.7 Å². The maximum atomic E-state index is 5.93. The molecule has 0 saturated carbocycles. The van der Waals surface area contributed by atoms with Crippen molar-refractivity contribution in [3.8, 4) is 5.75 Å². The minimum Gasteiger partial charge on any atom is -0.493 e. The minimum absolute atomic E-state index is 0.0572. The fourth-order valence-corrected chi connectivity index (χ4v) is 2.02. The third-order valence-electron chi connectivity index (χ3n) is 2.67. The SMILES string of the molecule is Cc1cc2c(c([C@H](C)N)c1)OCCC2. The molecule has 1 heterocycles. The van der Waals surface area contributed by atoms with E-state index in [1.54, 1.807) is 0 Å². The first kappa shape index (κ1) is 9.53. The lowest BCUT2D eigenvalue weighted by molar-refractivity contribution is 0.283. The lowest BCUT2D eigenvalue weighted by Crippen LogP contribution is -2.14. The summed E-state index contributed by atoms with van der Waals surface area (Å²) in [7, 11) is 0. The first-order valence-corrected chi connectivity index (χ1v) is 5.20. The van der Waals surface area contributed by atoms with Crippen molar-refractivity contribution in [2.75, 3.05) is 6.61 Å². The van der Waals surface area contributed by atoms with Gasteiger partial charge in [0, 0.05) is 11.6 Å². The first-order valence-electron chi connectivity index (χ1n) is 5.20. The Hall–Kier alpha value is -1.02. The molecule has 0 saturated heterocycles. The number of ether oxygens (including phenoxy) is 1. The molecule has 2 N–H and O–H groups in total. The second-order valence-electron chi connectivity index (χ2n) is 4.08. The average Bonchev–Trinajstić information content (AvgIpc) is 2.16. The molecule has 1 aliphatic rings. The van der Waals surface area contributed by atoms with E-state index in [1.807, 2.05) is 6.92 Å². The normalized spacial score (nSPS) is 17.1. The van der Waals surface area contributed by atoms with Crippen molar-refractivity contribution in [3.63, 3.8) is 0 Å². The molecule has 0 amide bonds. The molecular weight excluding hydrogens is 174 g/mol. The van der Waals surface area contributed by atoms with Gasteiger partial charge in [-0.05, 0) is 32.3 Å². The number of fused-ring (bicyclic) bond motifs is 1. The first-order chi connectivity index (χ1) is 6.68. The van der Waals surface area contributed by atoms with Crippen LogP contribution in [0.2, 0.25) is 0 Å². The summed E-state index contributed by atoms with van der Waals surface area (Å²) in [5, 5.41) is 0. The summed E-state index contributed by atoms with van der Waals surface area (Å²) in [6.45, 7) is 4.95. The third kappa shape index (κ3) is 1.62. The lowest BCUT2D eigenvalue weighted by atomic mass is 9.96. The van der Waals surface area contributed by atoms with Crippen molar-refractivity contribution in [2.45, 2.75) is 32.7 Å². The molecule has 0 bridgehead atoms. The van der Waals surface area contributed by atoms with Crippen molar-refractivity contribution in [2.24, 2.45) is 5.73 Å². The molecule has 2 rings (SSSR count). The summed E-state index contributed by atoms with van der Waals surface area (Å²) in [5.41, 5.74) is 9.68. The molecule has 0 fully saturated rings. The van der Waals surface area contributed by atoms with Crippen LogP contribution in [0.1, 0.15) is 36.1 Å². The Morgan fingerprint density at radius 3 is 2.93 bits per heavy atom. The van der Waals surface area contributed by atoms with Crippen LogP contribution in [-0.4, -0.2) is 6.61 Å². The van der Waals surface area contributed by atoms with E-state index in [4.69, 9.17) is 10.5 Å². The molecule has 1 atom stereocenters. The number of hydrogen-bond acceptors (Lipinski definition) is 2. The topological polar surface area (TPSA) is 35.2 Å². The molecule has 0 spiro atoms. The van der Waals surface area contributed by atoms with Crippen LogP contribution in [0.25, 0.3) is 0 Å². The van der Waals surface area contributed by atoms with Gasteiger partial charge in [0.2, 0.25) is 0 Å². The molecule has 2 nitrogen and oxygen atoms in total. The third-order valence-corrected chi connectivity index (χ3v) is 2.67. The Labute approximate surface area is 85.1 Å². The molecule has 1 aromatic carbocycles. The van der Waals surface area contributed by atoms with Crippen LogP contribution in [-0.2, 0) is 6.42 Å². The summed E-state index contributed by atoms with van der Waals surface area (Å²) in [5.74, 6) is 1.04. The highest BCUT2D eigenvalue weighted by Gasteiger charge is 2.17. The van der Waals surface area contributed by atoms with Crippen LogP contribution in [0.4, 0.5) is 0 Å². The van der Waals surface area contributed by atoms with E-state index in [1.165, 1.54) is 11.1 Å². The van der Waals surface area contributed by atoms with Crippen LogP contribution < -0.4 is 10.5 Å². The molecule has 0 unspecified atom stereocenters. The Balaban J connectivity index is 2.52. The predicted molar refractivity (Wildman–Crippen MR) is 57.6 cm³/mol. The highest BCUT2D eigenvalue weighted by Crippen LogP contribution is 2.33. The fourth-order valence-electron chi connectivity index (χ4n) is 2.02. The molecule has 2 heteroatoms. The summed E-state index contributed by atoms with van der Waals surface area (Å²) >= 11 is 0. The van der Waals surface area contributed by atoms with Crippen molar-refractivity contribution in [1.82, 2.24) is 0 Å². The van der Waals surface area contributed by atoms with Gasteiger partial charge >= 0.3 is 0 Å². The van der Waals surface area contributed by atoms with Crippen LogP contribution in [0, 0.1) is 6.92 Å². The maximum absolute atomic E-state index is 5.93. The molecular formula is C12H17NO. The van der Waals surface area contributed by atoms with E-state index in [2.05, 4.69) is 19.1 Å². The van der Waals surface area contributed by atoms with Gasteiger partial charge < -0.3 is 10.5 Å². The molecule has 1 aliphatic heterocycles. The quantitative estimate of drug-likeness (QED) is 0.739. The molecule has 14 heavy (non-hydrogen) atoms. The Bertz CT molecular complexity index is 344. The summed E-state index contributed by atoms with van der Waals surface area (Å²) in [4.78, 5) is 0. The molecule has 1 aromatic rings. The zero-order chi connectivity index (χ0) is 10.1. The molecule has 0 aromatic heterocycles. The van der Waals surface area contributed by atoms with Crippen molar-refractivity contribution in [1.29, 1.82) is 0 Å². The molecule has 0 aliphatic carbocycles. The standard InChI is InChI=1S/C12H17NO/c1-8-6-10-4-3-5-14-12(10)11(7-8)9(2)13/h6-7,9H,3-5,13H2,1-2H3/t9-/m0/s1. The molecule has 0 radical (unpaired) electrons. The van der Waals surface area contributed by atoms with Gasteiger partial charge in [-0.15, -0.1) is 0 Å². The summed E-state index contributed by atoms with van der Waals surface area (Å²) in [6.07, 6.45) is 2.24. The highest BCUT2D eigenvalue weighted by molar-refractivity contribution is 5.46. The largest absolute Gasteiger partial charge is 0.493 e. The van der Waals surface area contributed by atoms with Crippen LogP contribution >= 0.6 is 0 Å². The second-order valence-corrected chi connectivity index (χ2v) is 4.08. The lowest BCUT2D eigenvalue weighted by Gasteiger charge is -2.22. The second kappa shape index (κ2) is 3.62. The van der Waals surface area contributed by atoms with Crippen LogP contribution in [0.3, 0.4) is 0 Å². The smallest absolute Gasteiger partial charge is 0.127 e. The minimum atomic E-state index is 0.0572. The van der Waals surface area contributed by atoms with Gasteiger partial charge in [-0.2, -0.15) is 0 Å². The van der Waals surface area contributed by atoms with E-state index in [-0.39, 0.29) is 6.04 Å². The molecule has 76 valence electrons. The number of rotatable bonds is 1. The number of nitrogens with two attached hydrogens (primary N) is 1. The number of benzene rings is 1. The van der Waals surface area contributed by atoms with E-state index in [9.17, 15) is 0 Å². The van der Waals surface area contributed by atoms with Crippen LogP contribution in [0.15, 0.2) is 12.1 Å². The van der Waals surface area contributed by atoms with Gasteiger partial charge in [-0.25, -0.2) is 0 Å². The average molecular weight is 191 g/mol. The monoisotopic (exact) mass is 191 g/mol. The van der Waals surface area contributed by atoms with E-state index >= 15 is 0 Å². The zero-order valence-corrected chi connectivity index (χ0v) is 8.84. The van der Waals surface area contributed by atoms with Gasteiger partial charge in [0.1, 0.15) is 5.75 Å². The predicted octanol–water partition coefficient (Wildman–Crippen LogP) is 2.34. The summed E-state index contributed by atoms with van der Waals surface area (Å²) in [6, 6.07) is 4.40. The Morgan fingerprint density at radius 2 is 2.21 bits per heavy atom. The van der Waals surface area contributed by atoms with E-state index in [0.717, 1.165) is 30.8 Å². The van der Waals surface area contributed by atoms with E-state index < -0.39 is 0 Å². The van der Waals surface area contributed by atoms with Gasteiger partial charge in [0.15, 0.2) is 0 Å². The van der Waals surface area contributed by atoms with Crippen LogP contribution in [0.5, 0.6) is 5.75 Å². The van der Waals surface area contributed by atoms with Crippen molar-refractivity contribution < 1.29 is 4.74 Å². The summed E-state index contributed by atoms with van der Waals surface area (Å²) < 4.78 is 5.69. The maximum Gasteiger partial charge on any atom is 0.127 e. The van der Waals surface area contributed by atoms with Gasteiger partial charge in [0.05, 0.1) is 6.61 Å². The zero-order valence-electron chi connectivity index (χ0n) is 8.84. The van der Waals surface area contributed by atoms with Gasteiger partial charge in [-0.3, -0.25) is 0 Å². The van der Waals surface area contributed by atoms with Gasteiger partial charge in [0.25, 0.3) is 0 Å². The number of aryl methyl sites for hydroxylation is 2. The Kier molecular flexibility index (Phi) is 2.46. The van der Waals surface area contributed by atoms with Crippen molar-refractivity contribution in [3.05, 3.63) is 28.8 Å². The Morgan fingerprint density at radius 1 is 1.43 bits per heavy atom. The number of hydrogen-bond donors (Lipinski definition) is 1. The highest BCUT2D eigenvalue weighted by atomic mass is 16.5.